The van der Waals surface area contributed by atoms with Gasteiger partial charge in [0, 0.05) is 23.6 Å². The number of aromatic amines is 1. The summed E-state index contributed by atoms with van der Waals surface area (Å²) < 4.78 is 79.1. The fourth-order valence-electron chi connectivity index (χ4n) is 4.00. The number of rotatable bonds is 9. The highest BCUT2D eigenvalue weighted by molar-refractivity contribution is 7.89. The Bertz CT molecular complexity index is 1450. The third-order valence-corrected chi connectivity index (χ3v) is 7.73. The normalized spacial score (nSPS) is 12.5. The number of alkyl halides is 3. The fourth-order valence-corrected chi connectivity index (χ4v) is 5.41. The molecular weight excluding hydrogens is 493 g/mol. The minimum absolute atomic E-state index is 0.0264. The molecule has 192 valence electrons. The van der Waals surface area contributed by atoms with E-state index in [-0.39, 0.29) is 30.4 Å². The molecule has 2 heterocycles. The molecule has 0 radical (unpaired) electrons. The Morgan fingerprint density at radius 2 is 1.72 bits per heavy atom. The molecule has 0 aliphatic heterocycles. The third-order valence-electron chi connectivity index (χ3n) is 5.87. The van der Waals surface area contributed by atoms with Gasteiger partial charge in [-0.25, -0.2) is 8.42 Å². The molecule has 6 nitrogen and oxygen atoms in total. The quantitative estimate of drug-likeness (QED) is 0.284. The first-order chi connectivity index (χ1) is 17.0. The molecule has 36 heavy (non-hydrogen) atoms. The van der Waals surface area contributed by atoms with E-state index in [1.54, 1.807) is 19.1 Å². The highest BCUT2D eigenvalue weighted by Gasteiger charge is 2.38. The van der Waals surface area contributed by atoms with Gasteiger partial charge in [-0.2, -0.15) is 17.5 Å². The Morgan fingerprint density at radius 3 is 2.39 bits per heavy atom. The maximum Gasteiger partial charge on any atom is 0.423 e. The van der Waals surface area contributed by atoms with Crippen LogP contribution in [0.15, 0.2) is 64.0 Å². The van der Waals surface area contributed by atoms with E-state index in [0.717, 1.165) is 38.0 Å². The van der Waals surface area contributed by atoms with E-state index in [4.69, 9.17) is 9.15 Å². The van der Waals surface area contributed by atoms with Crippen LogP contribution in [0.2, 0.25) is 0 Å². The Hall–Kier alpha value is -3.24. The van der Waals surface area contributed by atoms with Crippen molar-refractivity contribution in [2.75, 3.05) is 13.2 Å². The van der Waals surface area contributed by atoms with Crippen LogP contribution in [0.3, 0.4) is 0 Å². The second kappa shape index (κ2) is 10.0. The average molecular weight is 521 g/mol. The van der Waals surface area contributed by atoms with Crippen LogP contribution in [0, 0.1) is 13.8 Å². The zero-order chi connectivity index (χ0) is 26.1. The smallest absolute Gasteiger partial charge is 0.423 e. The minimum Gasteiger partial charge on any atom is -0.465 e. The van der Waals surface area contributed by atoms with Crippen LogP contribution in [-0.2, 0) is 29.2 Å². The number of aryl methyl sites for hydroxylation is 2. The molecule has 0 unspecified atom stereocenters. The number of nitrogens with zero attached hydrogens (tertiary/aromatic N) is 1. The Labute approximate surface area is 207 Å². The van der Waals surface area contributed by atoms with Gasteiger partial charge < -0.3 is 14.1 Å². The first-order valence-corrected chi connectivity index (χ1v) is 12.9. The molecule has 0 fully saturated rings. The maximum absolute atomic E-state index is 13.6. The van der Waals surface area contributed by atoms with Crippen molar-refractivity contribution in [3.05, 3.63) is 82.7 Å². The van der Waals surface area contributed by atoms with Crippen LogP contribution in [0.4, 0.5) is 13.2 Å². The van der Waals surface area contributed by atoms with Gasteiger partial charge in [0.1, 0.15) is 11.3 Å². The zero-order valence-corrected chi connectivity index (χ0v) is 21.0. The first kappa shape index (κ1) is 25.8. The van der Waals surface area contributed by atoms with Gasteiger partial charge in [0.2, 0.25) is 10.0 Å². The summed E-state index contributed by atoms with van der Waals surface area (Å²) in [5.41, 5.74) is 2.70. The molecule has 0 saturated carbocycles. The van der Waals surface area contributed by atoms with Crippen LogP contribution in [0.25, 0.3) is 10.9 Å². The number of ether oxygens (including phenoxy) is 1. The van der Waals surface area contributed by atoms with Gasteiger partial charge in [-0.1, -0.05) is 29.3 Å². The molecule has 4 rings (SSSR count). The van der Waals surface area contributed by atoms with Crippen molar-refractivity contribution in [2.45, 2.75) is 44.8 Å². The van der Waals surface area contributed by atoms with Gasteiger partial charge in [-0.05, 0) is 63.1 Å². The molecule has 0 bridgehead atoms. The Balaban J connectivity index is 1.69. The number of hydrogen-bond acceptors (Lipinski definition) is 4. The van der Waals surface area contributed by atoms with E-state index in [1.165, 1.54) is 12.1 Å². The molecule has 0 spiro atoms. The van der Waals surface area contributed by atoms with Crippen molar-refractivity contribution in [3.63, 3.8) is 0 Å². The molecule has 0 aliphatic carbocycles. The predicted octanol–water partition coefficient (Wildman–Crippen LogP) is 6.23. The number of halogens is 3. The molecule has 2 aromatic heterocycles. The van der Waals surface area contributed by atoms with Crippen molar-refractivity contribution < 1.29 is 30.7 Å². The lowest BCUT2D eigenvalue weighted by Crippen LogP contribution is -2.32. The van der Waals surface area contributed by atoms with E-state index >= 15 is 0 Å². The first-order valence-electron chi connectivity index (χ1n) is 11.4. The van der Waals surface area contributed by atoms with E-state index in [9.17, 15) is 21.6 Å². The lowest BCUT2D eigenvalue weighted by atomic mass is 10.1. The summed E-state index contributed by atoms with van der Waals surface area (Å²) in [5, 5.41) is 0.971. The predicted molar refractivity (Wildman–Crippen MR) is 130 cm³/mol. The summed E-state index contributed by atoms with van der Waals surface area (Å²) in [6, 6.07) is 13.1. The van der Waals surface area contributed by atoms with Gasteiger partial charge in [0.15, 0.2) is 0 Å². The van der Waals surface area contributed by atoms with Crippen molar-refractivity contribution in [1.29, 1.82) is 0 Å². The zero-order valence-electron chi connectivity index (χ0n) is 20.1. The molecule has 1 N–H and O–H groups in total. The molecule has 0 amide bonds. The standard InChI is InChI=1S/C26H27F3N2O4S/c1-4-34-25-23(26(27,28)29)14-20(35-25)16-31(36(32,33)21-8-5-17(2)6-9-21)12-11-19-15-30-24-10-7-18(3)13-22(19)24/h5-10,13-15,30H,4,11-12,16H2,1-3H3. The van der Waals surface area contributed by atoms with E-state index < -0.39 is 27.7 Å². The number of fused-ring (bicyclic) bond motifs is 1. The third kappa shape index (κ3) is 5.44. The van der Waals surface area contributed by atoms with Gasteiger partial charge in [-0.15, -0.1) is 0 Å². The van der Waals surface area contributed by atoms with E-state index in [0.29, 0.717) is 6.42 Å². The largest absolute Gasteiger partial charge is 0.465 e. The molecule has 0 aliphatic rings. The molecular formula is C26H27F3N2O4S. The van der Waals surface area contributed by atoms with Gasteiger partial charge in [0.05, 0.1) is 18.0 Å². The highest BCUT2D eigenvalue weighted by Crippen LogP contribution is 2.39. The summed E-state index contributed by atoms with van der Waals surface area (Å²) in [4.78, 5) is 3.23. The van der Waals surface area contributed by atoms with Gasteiger partial charge >= 0.3 is 6.18 Å². The lowest BCUT2D eigenvalue weighted by molar-refractivity contribution is -0.139. The lowest BCUT2D eigenvalue weighted by Gasteiger charge is -2.21. The number of nitrogens with one attached hydrogen (secondary N) is 1. The minimum atomic E-state index is -4.70. The summed E-state index contributed by atoms with van der Waals surface area (Å²) in [6.07, 6.45) is -2.53. The number of sulfonamides is 1. The Kier molecular flexibility index (Phi) is 7.19. The monoisotopic (exact) mass is 520 g/mol. The number of H-pyrrole nitrogens is 1. The summed E-state index contributed by atoms with van der Waals surface area (Å²) in [6.45, 7) is 4.97. The van der Waals surface area contributed by atoms with Crippen molar-refractivity contribution in [1.82, 2.24) is 9.29 Å². The van der Waals surface area contributed by atoms with Crippen LogP contribution in [0.1, 0.15) is 34.9 Å². The number of furan rings is 1. The van der Waals surface area contributed by atoms with Crippen molar-refractivity contribution in [3.8, 4) is 5.95 Å². The molecule has 2 aromatic carbocycles. The van der Waals surface area contributed by atoms with Crippen LogP contribution in [-0.4, -0.2) is 30.9 Å². The summed E-state index contributed by atoms with van der Waals surface area (Å²) in [5.74, 6) is -0.823. The molecule has 10 heteroatoms. The maximum atomic E-state index is 13.6. The average Bonchev–Trinajstić information content (AvgIpc) is 3.40. The highest BCUT2D eigenvalue weighted by atomic mass is 32.2. The number of benzene rings is 2. The van der Waals surface area contributed by atoms with E-state index in [1.807, 2.05) is 38.2 Å². The molecule has 4 aromatic rings. The van der Waals surface area contributed by atoms with Crippen molar-refractivity contribution in [2.24, 2.45) is 0 Å². The van der Waals surface area contributed by atoms with Crippen LogP contribution in [0.5, 0.6) is 5.95 Å². The second-order valence-corrected chi connectivity index (χ2v) is 10.5. The second-order valence-electron chi connectivity index (χ2n) is 8.61. The molecule has 0 atom stereocenters. The van der Waals surface area contributed by atoms with Gasteiger partial charge in [0.25, 0.3) is 5.95 Å². The molecule has 0 saturated heterocycles. The van der Waals surface area contributed by atoms with E-state index in [2.05, 4.69) is 4.98 Å². The van der Waals surface area contributed by atoms with Crippen LogP contribution >= 0.6 is 0 Å². The topological polar surface area (TPSA) is 75.5 Å². The van der Waals surface area contributed by atoms with Crippen molar-refractivity contribution >= 4 is 20.9 Å². The number of hydrogen-bond donors (Lipinski definition) is 1. The SMILES string of the molecule is CCOc1oc(CN(CCc2c[nH]c3ccc(C)cc23)S(=O)(=O)c2ccc(C)cc2)cc1C(F)(F)F. The van der Waals surface area contributed by atoms with Crippen LogP contribution < -0.4 is 4.74 Å². The summed E-state index contributed by atoms with van der Waals surface area (Å²) >= 11 is 0. The number of aromatic nitrogens is 1. The summed E-state index contributed by atoms with van der Waals surface area (Å²) in [7, 11) is -4.04. The fraction of sp³-hybridized carbons (Fsp3) is 0.308. The Morgan fingerprint density at radius 1 is 1.03 bits per heavy atom. The van der Waals surface area contributed by atoms with Gasteiger partial charge in [-0.3, -0.25) is 0 Å².